The second kappa shape index (κ2) is 4.27. The van der Waals surface area contributed by atoms with Crippen molar-refractivity contribution in [3.8, 4) is 5.75 Å². The van der Waals surface area contributed by atoms with Gasteiger partial charge in [0.15, 0.2) is 0 Å². The topological polar surface area (TPSA) is 99.6 Å². The minimum atomic E-state index is -0.743. The summed E-state index contributed by atoms with van der Waals surface area (Å²) in [4.78, 5) is 41.4. The van der Waals surface area contributed by atoms with E-state index in [1.54, 1.807) is 18.2 Å². The molecule has 0 radical (unpaired) electrons. The summed E-state index contributed by atoms with van der Waals surface area (Å²) >= 11 is 0. The summed E-state index contributed by atoms with van der Waals surface area (Å²) in [6, 6.07) is 4.37. The lowest BCUT2D eigenvalue weighted by molar-refractivity contribution is -0.134. The molecular formula is C15H11N3O4. The fraction of sp³-hybridized carbons (Fsp3) is 0.200. The summed E-state index contributed by atoms with van der Waals surface area (Å²) in [6.45, 7) is 0. The molecule has 110 valence electrons. The number of hydrogen-bond donors (Lipinski definition) is 2. The standard InChI is InChI=1S/C15H11N3O4/c19-10-6-16-13-12-7(10)2-1-3-8(12)18(15(13)22)9-4-5-11(20)17-14(9)21/h1-3,6,9,19H,4-5H2,(H,17,20,21). The average molecular weight is 297 g/mol. The fourth-order valence-corrected chi connectivity index (χ4v) is 3.09. The third-order valence-electron chi connectivity index (χ3n) is 4.07. The Balaban J connectivity index is 1.89. The molecular weight excluding hydrogens is 286 g/mol. The summed E-state index contributed by atoms with van der Waals surface area (Å²) in [6.07, 6.45) is 1.69. The van der Waals surface area contributed by atoms with Crippen LogP contribution in [-0.4, -0.2) is 33.9 Å². The minimum Gasteiger partial charge on any atom is -0.506 e. The predicted molar refractivity (Wildman–Crippen MR) is 76.4 cm³/mol. The zero-order chi connectivity index (χ0) is 15.4. The van der Waals surface area contributed by atoms with Gasteiger partial charge in [-0.1, -0.05) is 12.1 Å². The van der Waals surface area contributed by atoms with Crippen LogP contribution < -0.4 is 10.2 Å². The number of carbonyl (C=O) groups is 3. The van der Waals surface area contributed by atoms with Gasteiger partial charge in [0.1, 0.15) is 17.5 Å². The monoisotopic (exact) mass is 297 g/mol. The summed E-state index contributed by atoms with van der Waals surface area (Å²) < 4.78 is 0. The lowest BCUT2D eigenvalue weighted by atomic mass is 10.0. The van der Waals surface area contributed by atoms with Crippen LogP contribution in [0.5, 0.6) is 5.75 Å². The molecule has 1 saturated heterocycles. The Labute approximate surface area is 124 Å². The van der Waals surface area contributed by atoms with E-state index in [0.717, 1.165) is 0 Å². The van der Waals surface area contributed by atoms with Gasteiger partial charge in [0.25, 0.3) is 5.91 Å². The van der Waals surface area contributed by atoms with Crippen LogP contribution in [0.15, 0.2) is 24.4 Å². The van der Waals surface area contributed by atoms with Gasteiger partial charge in [-0.15, -0.1) is 0 Å². The highest BCUT2D eigenvalue weighted by Crippen LogP contribution is 2.41. The Morgan fingerprint density at radius 3 is 2.86 bits per heavy atom. The number of carbonyl (C=O) groups excluding carboxylic acids is 3. The van der Waals surface area contributed by atoms with E-state index >= 15 is 0 Å². The van der Waals surface area contributed by atoms with E-state index in [1.807, 2.05) is 0 Å². The van der Waals surface area contributed by atoms with Gasteiger partial charge in [-0.25, -0.2) is 4.98 Å². The van der Waals surface area contributed by atoms with Crippen LogP contribution in [0, 0.1) is 0 Å². The molecule has 0 saturated carbocycles. The normalized spacial score (nSPS) is 20.6. The first-order chi connectivity index (χ1) is 10.6. The number of piperidine rings is 1. The Hall–Kier alpha value is -2.96. The maximum Gasteiger partial charge on any atom is 0.278 e. The zero-order valence-electron chi connectivity index (χ0n) is 11.4. The van der Waals surface area contributed by atoms with Crippen molar-refractivity contribution in [1.82, 2.24) is 10.3 Å². The molecule has 0 aliphatic carbocycles. The summed E-state index contributed by atoms with van der Waals surface area (Å²) in [5, 5.41) is 13.2. The van der Waals surface area contributed by atoms with E-state index in [-0.39, 0.29) is 36.1 Å². The summed E-state index contributed by atoms with van der Waals surface area (Å²) in [5.41, 5.74) is 0.753. The Morgan fingerprint density at radius 2 is 2.09 bits per heavy atom. The molecule has 1 aromatic carbocycles. The molecule has 2 aromatic rings. The Bertz CT molecular complexity index is 861. The van der Waals surface area contributed by atoms with E-state index in [1.165, 1.54) is 11.1 Å². The molecule has 0 bridgehead atoms. The molecule has 1 atom stereocenters. The summed E-state index contributed by atoms with van der Waals surface area (Å²) in [7, 11) is 0. The molecule has 4 rings (SSSR count). The molecule has 7 heteroatoms. The number of anilines is 1. The molecule has 0 spiro atoms. The second-order valence-corrected chi connectivity index (χ2v) is 5.33. The minimum absolute atomic E-state index is 0.0153. The average Bonchev–Trinajstić information content (AvgIpc) is 2.77. The van der Waals surface area contributed by atoms with E-state index in [4.69, 9.17) is 0 Å². The largest absolute Gasteiger partial charge is 0.506 e. The van der Waals surface area contributed by atoms with E-state index in [0.29, 0.717) is 16.5 Å². The van der Waals surface area contributed by atoms with Gasteiger partial charge in [-0.3, -0.25) is 24.6 Å². The molecule has 2 aliphatic heterocycles. The van der Waals surface area contributed by atoms with Gasteiger partial charge in [0.2, 0.25) is 11.8 Å². The molecule has 22 heavy (non-hydrogen) atoms. The number of hydrogen-bond acceptors (Lipinski definition) is 5. The molecule has 3 heterocycles. The number of pyridine rings is 1. The molecule has 2 N–H and O–H groups in total. The van der Waals surface area contributed by atoms with Crippen molar-refractivity contribution in [2.24, 2.45) is 0 Å². The SMILES string of the molecule is O=C1CCC(N2C(=O)c3ncc(O)c4cccc2c34)C(=O)N1. The van der Waals surface area contributed by atoms with Crippen molar-refractivity contribution < 1.29 is 19.5 Å². The quantitative estimate of drug-likeness (QED) is 0.755. The van der Waals surface area contributed by atoms with E-state index in [2.05, 4.69) is 10.3 Å². The number of nitrogens with one attached hydrogen (secondary N) is 1. The Kier molecular flexibility index (Phi) is 2.47. The number of amides is 3. The van der Waals surface area contributed by atoms with Crippen LogP contribution in [0.25, 0.3) is 10.8 Å². The number of imide groups is 1. The number of nitrogens with zero attached hydrogens (tertiary/aromatic N) is 2. The van der Waals surface area contributed by atoms with Crippen LogP contribution >= 0.6 is 0 Å². The van der Waals surface area contributed by atoms with Gasteiger partial charge in [-0.05, 0) is 12.5 Å². The maximum absolute atomic E-state index is 12.6. The van der Waals surface area contributed by atoms with Gasteiger partial charge in [0.05, 0.1) is 11.9 Å². The van der Waals surface area contributed by atoms with Crippen molar-refractivity contribution in [2.75, 3.05) is 4.90 Å². The van der Waals surface area contributed by atoms with Crippen LogP contribution in [0.1, 0.15) is 23.3 Å². The highest BCUT2D eigenvalue weighted by atomic mass is 16.3. The Morgan fingerprint density at radius 1 is 1.27 bits per heavy atom. The lowest BCUT2D eigenvalue weighted by Crippen LogP contribution is -2.53. The molecule has 7 nitrogen and oxygen atoms in total. The van der Waals surface area contributed by atoms with Gasteiger partial charge in [-0.2, -0.15) is 0 Å². The highest BCUT2D eigenvalue weighted by Gasteiger charge is 2.41. The fourth-order valence-electron chi connectivity index (χ4n) is 3.09. The van der Waals surface area contributed by atoms with Crippen LogP contribution in [0.2, 0.25) is 0 Å². The van der Waals surface area contributed by atoms with Gasteiger partial charge < -0.3 is 5.11 Å². The third-order valence-corrected chi connectivity index (χ3v) is 4.07. The molecule has 1 fully saturated rings. The van der Waals surface area contributed by atoms with Crippen molar-refractivity contribution in [2.45, 2.75) is 18.9 Å². The number of aromatic nitrogens is 1. The van der Waals surface area contributed by atoms with Crippen LogP contribution in [0.4, 0.5) is 5.69 Å². The van der Waals surface area contributed by atoms with Gasteiger partial charge in [0, 0.05) is 17.2 Å². The first-order valence-corrected chi connectivity index (χ1v) is 6.86. The molecule has 3 amide bonds. The lowest BCUT2D eigenvalue weighted by Gasteiger charge is -2.29. The number of benzene rings is 1. The summed E-state index contributed by atoms with van der Waals surface area (Å²) in [5.74, 6) is -1.22. The van der Waals surface area contributed by atoms with Crippen molar-refractivity contribution >= 4 is 34.2 Å². The first kappa shape index (κ1) is 12.8. The number of rotatable bonds is 1. The van der Waals surface area contributed by atoms with Crippen molar-refractivity contribution in [3.63, 3.8) is 0 Å². The van der Waals surface area contributed by atoms with Gasteiger partial charge >= 0.3 is 0 Å². The second-order valence-electron chi connectivity index (χ2n) is 5.33. The predicted octanol–water partition coefficient (Wildman–Crippen LogP) is 0.706. The van der Waals surface area contributed by atoms with Crippen LogP contribution in [0.3, 0.4) is 0 Å². The molecule has 1 aromatic heterocycles. The van der Waals surface area contributed by atoms with Crippen molar-refractivity contribution in [3.05, 3.63) is 30.1 Å². The van der Waals surface area contributed by atoms with E-state index in [9.17, 15) is 19.5 Å². The third kappa shape index (κ3) is 1.56. The highest BCUT2D eigenvalue weighted by molar-refractivity contribution is 6.26. The van der Waals surface area contributed by atoms with Crippen molar-refractivity contribution in [1.29, 1.82) is 0 Å². The van der Waals surface area contributed by atoms with E-state index < -0.39 is 11.9 Å². The smallest absolute Gasteiger partial charge is 0.278 e. The number of aromatic hydroxyl groups is 1. The molecule has 2 aliphatic rings. The maximum atomic E-state index is 12.6. The molecule has 1 unspecified atom stereocenters. The first-order valence-electron chi connectivity index (χ1n) is 6.86. The zero-order valence-corrected chi connectivity index (χ0v) is 11.4. The van der Waals surface area contributed by atoms with Crippen LogP contribution in [-0.2, 0) is 9.59 Å².